The zero-order valence-corrected chi connectivity index (χ0v) is 14.2. The molecule has 2 aromatic rings. The second-order valence-corrected chi connectivity index (χ2v) is 5.10. The van der Waals surface area contributed by atoms with Gasteiger partial charge in [0.1, 0.15) is 5.75 Å². The van der Waals surface area contributed by atoms with Crippen LogP contribution in [0.5, 0.6) is 17.2 Å². The summed E-state index contributed by atoms with van der Waals surface area (Å²) in [4.78, 5) is 12.1. The van der Waals surface area contributed by atoms with E-state index in [1.807, 2.05) is 37.3 Å². The van der Waals surface area contributed by atoms with E-state index in [0.717, 1.165) is 17.5 Å². The highest BCUT2D eigenvalue weighted by atomic mass is 16.6. The quantitative estimate of drug-likeness (QED) is 0.437. The lowest BCUT2D eigenvalue weighted by atomic mass is 10.1. The number of carbonyl (C=O) groups excluding carboxylic acids is 1. The smallest absolute Gasteiger partial charge is 0.349 e. The van der Waals surface area contributed by atoms with E-state index in [9.17, 15) is 4.79 Å². The predicted octanol–water partition coefficient (Wildman–Crippen LogP) is 3.78. The summed E-state index contributed by atoms with van der Waals surface area (Å²) in [6.45, 7) is 1.82. The molecule has 0 unspecified atom stereocenters. The third-order valence-electron chi connectivity index (χ3n) is 3.46. The van der Waals surface area contributed by atoms with Crippen molar-refractivity contribution in [3.05, 3.63) is 59.7 Å². The number of para-hydroxylation sites is 1. The number of carbonyl (C=O) groups is 1. The van der Waals surface area contributed by atoms with Crippen LogP contribution in [0.4, 0.5) is 0 Å². The zero-order chi connectivity index (χ0) is 18.1. The number of ether oxygens (including phenoxy) is 3. The summed E-state index contributed by atoms with van der Waals surface area (Å²) < 4.78 is 16.1. The van der Waals surface area contributed by atoms with Crippen molar-refractivity contribution in [2.75, 3.05) is 13.7 Å². The number of aryl methyl sites for hydroxylation is 1. The molecule has 25 heavy (non-hydrogen) atoms. The Morgan fingerprint density at radius 2 is 1.96 bits per heavy atom. The van der Waals surface area contributed by atoms with Crippen LogP contribution >= 0.6 is 0 Å². The maximum Gasteiger partial charge on any atom is 0.349 e. The third-order valence-corrected chi connectivity index (χ3v) is 3.46. The largest absolute Gasteiger partial charge is 0.493 e. The Morgan fingerprint density at radius 3 is 2.68 bits per heavy atom. The molecule has 2 rings (SSSR count). The van der Waals surface area contributed by atoms with Crippen LogP contribution in [-0.4, -0.2) is 19.7 Å². The van der Waals surface area contributed by atoms with Crippen LogP contribution in [-0.2, 0) is 11.2 Å². The minimum atomic E-state index is -0.524. The molecule has 0 aromatic heterocycles. The van der Waals surface area contributed by atoms with Crippen molar-refractivity contribution < 1.29 is 19.0 Å². The van der Waals surface area contributed by atoms with Crippen molar-refractivity contribution in [2.24, 2.45) is 0 Å². The molecule has 0 amide bonds. The number of methoxy groups -OCH3 is 1. The first kappa shape index (κ1) is 18.1. The molecule has 0 atom stereocenters. The molecule has 0 aliphatic rings. The highest BCUT2D eigenvalue weighted by Crippen LogP contribution is 2.29. The maximum atomic E-state index is 12.1. The van der Waals surface area contributed by atoms with Crippen LogP contribution in [0.3, 0.4) is 0 Å². The van der Waals surface area contributed by atoms with Crippen LogP contribution in [0, 0.1) is 11.3 Å². The number of hydrogen-bond donors (Lipinski definition) is 0. The first-order chi connectivity index (χ1) is 12.2. The van der Waals surface area contributed by atoms with Gasteiger partial charge in [-0.1, -0.05) is 31.2 Å². The van der Waals surface area contributed by atoms with Gasteiger partial charge in [-0.05, 0) is 41.8 Å². The lowest BCUT2D eigenvalue weighted by Gasteiger charge is -2.12. The molecule has 2 aromatic carbocycles. The van der Waals surface area contributed by atoms with E-state index < -0.39 is 5.97 Å². The number of benzene rings is 2. The number of nitrogens with zero attached hydrogens (tertiary/aromatic N) is 1. The topological polar surface area (TPSA) is 68.5 Å². The Morgan fingerprint density at radius 1 is 1.16 bits per heavy atom. The van der Waals surface area contributed by atoms with Crippen molar-refractivity contribution in [3.63, 3.8) is 0 Å². The van der Waals surface area contributed by atoms with E-state index >= 15 is 0 Å². The SMILES string of the molecule is CCc1ccccc1OCC(=O)Oc1ccc(/C=C\C#N)cc1OC. The Kier molecular flexibility index (Phi) is 6.61. The Balaban J connectivity index is 2.02. The van der Waals surface area contributed by atoms with Gasteiger partial charge < -0.3 is 14.2 Å². The number of rotatable bonds is 7. The van der Waals surface area contributed by atoms with Gasteiger partial charge in [0.2, 0.25) is 0 Å². The molecule has 5 heteroatoms. The highest BCUT2D eigenvalue weighted by Gasteiger charge is 2.12. The summed E-state index contributed by atoms with van der Waals surface area (Å²) in [6.07, 6.45) is 3.81. The van der Waals surface area contributed by atoms with Gasteiger partial charge in [-0.2, -0.15) is 5.26 Å². The molecular formula is C20H19NO4. The standard InChI is InChI=1S/C20H19NO4/c1-3-16-8-4-5-9-17(16)24-14-20(22)25-18-11-10-15(7-6-12-21)13-19(18)23-2/h4-11,13H,3,14H2,1-2H3/b7-6-. The normalized spacial score (nSPS) is 10.3. The van der Waals surface area contributed by atoms with E-state index in [-0.39, 0.29) is 6.61 Å². The van der Waals surface area contributed by atoms with Crippen LogP contribution < -0.4 is 14.2 Å². The lowest BCUT2D eigenvalue weighted by molar-refractivity contribution is -0.136. The summed E-state index contributed by atoms with van der Waals surface area (Å²) in [5.74, 6) is 0.854. The summed E-state index contributed by atoms with van der Waals surface area (Å²) in [5, 5.41) is 8.57. The van der Waals surface area contributed by atoms with Crippen molar-refractivity contribution in [3.8, 4) is 23.3 Å². The molecule has 5 nitrogen and oxygen atoms in total. The first-order valence-corrected chi connectivity index (χ1v) is 7.83. The second kappa shape index (κ2) is 9.14. The highest BCUT2D eigenvalue weighted by molar-refractivity contribution is 5.75. The number of allylic oxidation sites excluding steroid dienone is 1. The van der Waals surface area contributed by atoms with Gasteiger partial charge in [-0.15, -0.1) is 0 Å². The molecule has 0 radical (unpaired) electrons. The third kappa shape index (κ3) is 5.11. The fourth-order valence-corrected chi connectivity index (χ4v) is 2.23. The molecule has 0 heterocycles. The van der Waals surface area contributed by atoms with Crippen molar-refractivity contribution in [1.29, 1.82) is 5.26 Å². The lowest BCUT2D eigenvalue weighted by Crippen LogP contribution is -2.18. The van der Waals surface area contributed by atoms with Gasteiger partial charge >= 0.3 is 5.97 Å². The van der Waals surface area contributed by atoms with E-state index in [4.69, 9.17) is 19.5 Å². The van der Waals surface area contributed by atoms with E-state index in [2.05, 4.69) is 0 Å². The minimum Gasteiger partial charge on any atom is -0.493 e. The van der Waals surface area contributed by atoms with Crippen LogP contribution in [0.1, 0.15) is 18.1 Å². The van der Waals surface area contributed by atoms with Crippen LogP contribution in [0.2, 0.25) is 0 Å². The fourth-order valence-electron chi connectivity index (χ4n) is 2.23. The Hall–Kier alpha value is -3.26. The molecule has 0 aliphatic carbocycles. The predicted molar refractivity (Wildman–Crippen MR) is 94.6 cm³/mol. The van der Waals surface area contributed by atoms with Gasteiger partial charge in [0.05, 0.1) is 13.2 Å². The van der Waals surface area contributed by atoms with Crippen molar-refractivity contribution >= 4 is 12.0 Å². The molecule has 0 bridgehead atoms. The molecule has 0 spiro atoms. The average molecular weight is 337 g/mol. The molecule has 0 aliphatic heterocycles. The molecule has 0 saturated heterocycles. The van der Waals surface area contributed by atoms with Gasteiger partial charge in [-0.25, -0.2) is 4.79 Å². The number of nitriles is 1. The second-order valence-electron chi connectivity index (χ2n) is 5.10. The maximum absolute atomic E-state index is 12.1. The fraction of sp³-hybridized carbons (Fsp3) is 0.200. The monoisotopic (exact) mass is 337 g/mol. The molecule has 128 valence electrons. The van der Waals surface area contributed by atoms with Crippen molar-refractivity contribution in [1.82, 2.24) is 0 Å². The Bertz CT molecular complexity index is 806. The molecule has 0 N–H and O–H groups in total. The van der Waals surface area contributed by atoms with Crippen LogP contribution in [0.15, 0.2) is 48.5 Å². The molecule has 0 fully saturated rings. The van der Waals surface area contributed by atoms with Gasteiger partial charge in [0, 0.05) is 6.08 Å². The molecule has 0 saturated carbocycles. The summed E-state index contributed by atoms with van der Waals surface area (Å²) in [7, 11) is 1.48. The van der Waals surface area contributed by atoms with E-state index in [1.165, 1.54) is 13.2 Å². The summed E-state index contributed by atoms with van der Waals surface area (Å²) in [5.41, 5.74) is 1.80. The van der Waals surface area contributed by atoms with Gasteiger partial charge in [-0.3, -0.25) is 0 Å². The van der Waals surface area contributed by atoms with Crippen LogP contribution in [0.25, 0.3) is 6.08 Å². The van der Waals surface area contributed by atoms with E-state index in [0.29, 0.717) is 17.2 Å². The summed E-state index contributed by atoms with van der Waals surface area (Å²) in [6, 6.07) is 14.5. The number of hydrogen-bond acceptors (Lipinski definition) is 5. The summed E-state index contributed by atoms with van der Waals surface area (Å²) >= 11 is 0. The zero-order valence-electron chi connectivity index (χ0n) is 14.2. The van der Waals surface area contributed by atoms with Gasteiger partial charge in [0.15, 0.2) is 18.1 Å². The Labute approximate surface area is 147 Å². The van der Waals surface area contributed by atoms with Crippen molar-refractivity contribution in [2.45, 2.75) is 13.3 Å². The average Bonchev–Trinajstić information content (AvgIpc) is 2.65. The van der Waals surface area contributed by atoms with Gasteiger partial charge in [0.25, 0.3) is 0 Å². The first-order valence-electron chi connectivity index (χ1n) is 7.83. The number of esters is 1. The minimum absolute atomic E-state index is 0.198. The molecular weight excluding hydrogens is 318 g/mol. The van der Waals surface area contributed by atoms with E-state index in [1.54, 1.807) is 24.3 Å².